The highest BCUT2D eigenvalue weighted by Gasteiger charge is 1.88. The lowest BCUT2D eigenvalue weighted by molar-refractivity contribution is -0.119. The van der Waals surface area contributed by atoms with Gasteiger partial charge in [-0.05, 0) is 27.4 Å². The summed E-state index contributed by atoms with van der Waals surface area (Å²) in [6, 6.07) is 0. The molecule has 0 aliphatic heterocycles. The highest BCUT2D eigenvalue weighted by atomic mass is 16.3. The van der Waals surface area contributed by atoms with Crippen LogP contribution < -0.4 is 5.32 Å². The van der Waals surface area contributed by atoms with E-state index >= 15 is 0 Å². The van der Waals surface area contributed by atoms with Crippen molar-refractivity contribution in [2.45, 2.75) is 33.3 Å². The largest absolute Gasteiger partial charge is 0.393 e. The molecule has 4 nitrogen and oxygen atoms in total. The smallest absolute Gasteiger partial charge is 0.217 e. The Kier molecular flexibility index (Phi) is 10.9. The van der Waals surface area contributed by atoms with Crippen molar-refractivity contribution in [3.63, 3.8) is 0 Å². The number of nitrogens with one attached hydrogen (secondary N) is 1. The van der Waals surface area contributed by atoms with Gasteiger partial charge in [0.15, 0.2) is 0 Å². The first-order valence-corrected chi connectivity index (χ1v) is 4.47. The third-order valence-electron chi connectivity index (χ3n) is 1.24. The number of aliphatic hydroxyl groups is 1. The molecule has 1 unspecified atom stereocenters. The van der Waals surface area contributed by atoms with Crippen molar-refractivity contribution < 1.29 is 9.90 Å². The van der Waals surface area contributed by atoms with Crippen molar-refractivity contribution in [1.82, 2.24) is 10.2 Å². The highest BCUT2D eigenvalue weighted by Crippen LogP contribution is 1.81. The molecule has 0 rings (SSSR count). The molecule has 0 fully saturated rings. The van der Waals surface area contributed by atoms with Gasteiger partial charge < -0.3 is 10.4 Å². The lowest BCUT2D eigenvalue weighted by atomic mass is 10.3. The van der Waals surface area contributed by atoms with Crippen molar-refractivity contribution in [2.75, 3.05) is 20.8 Å². The second kappa shape index (κ2) is 9.48. The SMILES string of the molecule is CC(=O)NCN(C)C.CCC(C)O. The molecule has 0 saturated heterocycles. The number of carbonyl (C=O) groups is 1. The summed E-state index contributed by atoms with van der Waals surface area (Å²) >= 11 is 0. The van der Waals surface area contributed by atoms with E-state index in [0.29, 0.717) is 6.67 Å². The number of carbonyl (C=O) groups excluding carboxylic acids is 1. The van der Waals surface area contributed by atoms with Crippen LogP contribution in [0.3, 0.4) is 0 Å². The van der Waals surface area contributed by atoms with Crippen molar-refractivity contribution in [2.24, 2.45) is 0 Å². The second-order valence-corrected chi connectivity index (χ2v) is 3.23. The zero-order valence-corrected chi connectivity index (χ0v) is 9.29. The van der Waals surface area contributed by atoms with Gasteiger partial charge in [-0.2, -0.15) is 0 Å². The number of amides is 1. The zero-order valence-electron chi connectivity index (χ0n) is 9.29. The summed E-state index contributed by atoms with van der Waals surface area (Å²) in [5.74, 6) is 0.0127. The fourth-order valence-corrected chi connectivity index (χ4v) is 0.269. The minimum absolute atomic E-state index is 0.0127. The molecule has 0 aliphatic rings. The van der Waals surface area contributed by atoms with E-state index in [1.165, 1.54) is 6.92 Å². The molecule has 1 amide bonds. The van der Waals surface area contributed by atoms with Crippen LogP contribution in [-0.2, 0) is 4.79 Å². The van der Waals surface area contributed by atoms with Gasteiger partial charge in [-0.25, -0.2) is 0 Å². The molecule has 0 bridgehead atoms. The first-order valence-electron chi connectivity index (χ1n) is 4.47. The van der Waals surface area contributed by atoms with Gasteiger partial charge in [-0.15, -0.1) is 0 Å². The average Bonchev–Trinajstić information content (AvgIpc) is 2.02. The van der Waals surface area contributed by atoms with Crippen LogP contribution in [0.5, 0.6) is 0 Å². The Bertz CT molecular complexity index is 125. The van der Waals surface area contributed by atoms with E-state index in [4.69, 9.17) is 5.11 Å². The molecule has 0 heterocycles. The van der Waals surface area contributed by atoms with Gasteiger partial charge in [0.1, 0.15) is 0 Å². The Morgan fingerprint density at radius 3 is 2.00 bits per heavy atom. The molecule has 0 aliphatic carbocycles. The minimum Gasteiger partial charge on any atom is -0.393 e. The number of aliphatic hydroxyl groups excluding tert-OH is 1. The maximum Gasteiger partial charge on any atom is 0.217 e. The molecule has 0 saturated carbocycles. The number of hydrogen-bond donors (Lipinski definition) is 2. The van der Waals surface area contributed by atoms with Crippen LogP contribution in [0.25, 0.3) is 0 Å². The van der Waals surface area contributed by atoms with Crippen molar-refractivity contribution >= 4 is 5.91 Å². The molecular formula is C9H22N2O2. The first kappa shape index (κ1) is 14.9. The Hall–Kier alpha value is -0.610. The van der Waals surface area contributed by atoms with Gasteiger partial charge in [0.05, 0.1) is 12.8 Å². The molecule has 0 radical (unpaired) electrons. The third-order valence-corrected chi connectivity index (χ3v) is 1.24. The van der Waals surface area contributed by atoms with Crippen LogP contribution in [0.15, 0.2) is 0 Å². The van der Waals surface area contributed by atoms with Gasteiger partial charge in [0.2, 0.25) is 5.91 Å². The van der Waals surface area contributed by atoms with E-state index in [-0.39, 0.29) is 12.0 Å². The second-order valence-electron chi connectivity index (χ2n) is 3.23. The van der Waals surface area contributed by atoms with Gasteiger partial charge in [-0.1, -0.05) is 6.92 Å². The predicted molar refractivity (Wildman–Crippen MR) is 54.3 cm³/mol. The quantitative estimate of drug-likeness (QED) is 0.634. The lowest BCUT2D eigenvalue weighted by Crippen LogP contribution is -2.31. The normalized spacial score (nSPS) is 11.6. The zero-order chi connectivity index (χ0) is 10.9. The monoisotopic (exact) mass is 190 g/mol. The fourth-order valence-electron chi connectivity index (χ4n) is 0.269. The van der Waals surface area contributed by atoms with Crippen LogP contribution in [0.2, 0.25) is 0 Å². The van der Waals surface area contributed by atoms with Crippen LogP contribution in [0.1, 0.15) is 27.2 Å². The third kappa shape index (κ3) is 24.6. The Morgan fingerprint density at radius 1 is 1.54 bits per heavy atom. The van der Waals surface area contributed by atoms with Crippen molar-refractivity contribution in [1.29, 1.82) is 0 Å². The number of rotatable bonds is 3. The van der Waals surface area contributed by atoms with E-state index < -0.39 is 0 Å². The van der Waals surface area contributed by atoms with E-state index in [1.54, 1.807) is 6.92 Å². The molecule has 0 aromatic heterocycles. The summed E-state index contributed by atoms with van der Waals surface area (Å²) in [6.45, 7) is 5.85. The van der Waals surface area contributed by atoms with Crippen LogP contribution in [-0.4, -0.2) is 42.8 Å². The van der Waals surface area contributed by atoms with Crippen LogP contribution in [0.4, 0.5) is 0 Å². The molecule has 4 heteroatoms. The van der Waals surface area contributed by atoms with Gasteiger partial charge in [-0.3, -0.25) is 9.69 Å². The molecule has 80 valence electrons. The summed E-state index contributed by atoms with van der Waals surface area (Å²) in [5.41, 5.74) is 0. The molecule has 1 atom stereocenters. The average molecular weight is 190 g/mol. The molecule has 0 aromatic rings. The van der Waals surface area contributed by atoms with E-state index in [9.17, 15) is 4.79 Å². The van der Waals surface area contributed by atoms with Crippen molar-refractivity contribution in [3.05, 3.63) is 0 Å². The van der Waals surface area contributed by atoms with Gasteiger partial charge in [0, 0.05) is 6.92 Å². The summed E-state index contributed by atoms with van der Waals surface area (Å²) in [4.78, 5) is 12.1. The van der Waals surface area contributed by atoms with Gasteiger partial charge >= 0.3 is 0 Å². The summed E-state index contributed by atoms with van der Waals surface area (Å²) in [5, 5.41) is 11.0. The molecule has 0 spiro atoms. The maximum absolute atomic E-state index is 10.2. The Labute approximate surface area is 80.9 Å². The highest BCUT2D eigenvalue weighted by molar-refractivity contribution is 5.72. The topological polar surface area (TPSA) is 52.6 Å². The van der Waals surface area contributed by atoms with E-state index in [0.717, 1.165) is 6.42 Å². The molecule has 0 aromatic carbocycles. The Balaban J connectivity index is 0. The van der Waals surface area contributed by atoms with Crippen LogP contribution in [0, 0.1) is 0 Å². The standard InChI is InChI=1S/C5H12N2O.C4H10O/c1-5(8)6-4-7(2)3;1-3-4(2)5/h4H2,1-3H3,(H,6,8);4-5H,3H2,1-2H3. The predicted octanol–water partition coefficient (Wildman–Crippen LogP) is 0.419. The Morgan fingerprint density at radius 2 is 1.92 bits per heavy atom. The molecule has 13 heavy (non-hydrogen) atoms. The lowest BCUT2D eigenvalue weighted by Gasteiger charge is -2.08. The fraction of sp³-hybridized carbons (Fsp3) is 0.889. The van der Waals surface area contributed by atoms with Gasteiger partial charge in [0.25, 0.3) is 0 Å². The summed E-state index contributed by atoms with van der Waals surface area (Å²) < 4.78 is 0. The van der Waals surface area contributed by atoms with E-state index in [2.05, 4.69) is 5.32 Å². The number of hydrogen-bond acceptors (Lipinski definition) is 3. The molecular weight excluding hydrogens is 168 g/mol. The number of nitrogens with zero attached hydrogens (tertiary/aromatic N) is 1. The molecule has 2 N–H and O–H groups in total. The summed E-state index contributed by atoms with van der Waals surface area (Å²) in [6.07, 6.45) is 0.745. The van der Waals surface area contributed by atoms with E-state index in [1.807, 2.05) is 25.9 Å². The minimum atomic E-state index is -0.116. The summed E-state index contributed by atoms with van der Waals surface area (Å²) in [7, 11) is 3.80. The first-order chi connectivity index (χ1) is 5.90. The van der Waals surface area contributed by atoms with Crippen molar-refractivity contribution in [3.8, 4) is 0 Å². The maximum atomic E-state index is 10.2. The van der Waals surface area contributed by atoms with Crippen LogP contribution >= 0.6 is 0 Å².